The van der Waals surface area contributed by atoms with E-state index in [2.05, 4.69) is 12.2 Å². The maximum Gasteiger partial charge on any atom is 0.127 e. The molecule has 0 spiro atoms. The van der Waals surface area contributed by atoms with E-state index in [0.29, 0.717) is 0 Å². The summed E-state index contributed by atoms with van der Waals surface area (Å²) in [6.07, 6.45) is 3.62. The van der Waals surface area contributed by atoms with Crippen LogP contribution in [-0.2, 0) is 0 Å². The molecule has 0 saturated carbocycles. The molecule has 19 heavy (non-hydrogen) atoms. The summed E-state index contributed by atoms with van der Waals surface area (Å²) in [5.41, 5.74) is 1.98. The Kier molecular flexibility index (Phi) is 5.71. The van der Waals surface area contributed by atoms with Gasteiger partial charge < -0.3 is 5.32 Å². The minimum atomic E-state index is -0.0678. The Bertz CT molecular complexity index is 402. The van der Waals surface area contributed by atoms with Crippen LogP contribution < -0.4 is 5.32 Å². The van der Waals surface area contributed by atoms with Gasteiger partial charge in [-0.15, -0.1) is 0 Å². The van der Waals surface area contributed by atoms with E-state index >= 15 is 0 Å². The van der Waals surface area contributed by atoms with Crippen molar-refractivity contribution in [2.75, 3.05) is 18.1 Å². The number of nitrogens with one attached hydrogen (secondary N) is 1. The van der Waals surface area contributed by atoms with Crippen LogP contribution in [0, 0.1) is 18.7 Å². The zero-order chi connectivity index (χ0) is 13.7. The number of hydrogen-bond donors (Lipinski definition) is 1. The summed E-state index contributed by atoms with van der Waals surface area (Å²) in [6, 6.07) is 5.61. The topological polar surface area (TPSA) is 12.0 Å². The number of halogens is 1. The molecule has 0 aromatic heterocycles. The second-order valence-electron chi connectivity index (χ2n) is 5.43. The molecule has 1 atom stereocenters. The quantitative estimate of drug-likeness (QED) is 0.862. The average molecular weight is 281 g/mol. The second kappa shape index (κ2) is 7.30. The molecule has 1 fully saturated rings. The maximum absolute atomic E-state index is 14.1. The van der Waals surface area contributed by atoms with Crippen molar-refractivity contribution < 1.29 is 4.39 Å². The van der Waals surface area contributed by atoms with Crippen LogP contribution in [0.3, 0.4) is 0 Å². The molecule has 1 N–H and O–H groups in total. The summed E-state index contributed by atoms with van der Waals surface area (Å²) < 4.78 is 14.1. The Hall–Kier alpha value is -0.540. The van der Waals surface area contributed by atoms with E-state index in [9.17, 15) is 4.39 Å². The van der Waals surface area contributed by atoms with Gasteiger partial charge in [-0.3, -0.25) is 0 Å². The Morgan fingerprint density at radius 3 is 2.79 bits per heavy atom. The highest BCUT2D eigenvalue weighted by Crippen LogP contribution is 2.32. The number of benzene rings is 1. The lowest BCUT2D eigenvalue weighted by Crippen LogP contribution is -2.26. The highest BCUT2D eigenvalue weighted by atomic mass is 32.2. The number of rotatable bonds is 5. The molecular weight excluding hydrogens is 257 g/mol. The number of aryl methyl sites for hydroxylation is 1. The van der Waals surface area contributed by atoms with Gasteiger partial charge in [0.2, 0.25) is 0 Å². The largest absolute Gasteiger partial charge is 0.310 e. The van der Waals surface area contributed by atoms with Gasteiger partial charge in [0.05, 0.1) is 0 Å². The number of hydrogen-bond acceptors (Lipinski definition) is 2. The highest BCUT2D eigenvalue weighted by molar-refractivity contribution is 7.99. The van der Waals surface area contributed by atoms with Crippen molar-refractivity contribution in [2.45, 2.75) is 39.2 Å². The van der Waals surface area contributed by atoms with Crippen molar-refractivity contribution in [3.8, 4) is 0 Å². The van der Waals surface area contributed by atoms with Crippen LogP contribution >= 0.6 is 11.8 Å². The van der Waals surface area contributed by atoms with Crippen molar-refractivity contribution in [1.82, 2.24) is 5.32 Å². The van der Waals surface area contributed by atoms with Gasteiger partial charge in [-0.25, -0.2) is 4.39 Å². The molecule has 1 aliphatic heterocycles. The van der Waals surface area contributed by atoms with Crippen LogP contribution in [0.15, 0.2) is 18.2 Å². The highest BCUT2D eigenvalue weighted by Gasteiger charge is 2.21. The van der Waals surface area contributed by atoms with Crippen LogP contribution in [0.1, 0.15) is 43.4 Å². The minimum Gasteiger partial charge on any atom is -0.310 e. The minimum absolute atomic E-state index is 0.0678. The molecule has 2 rings (SSSR count). The van der Waals surface area contributed by atoms with E-state index in [1.165, 1.54) is 24.3 Å². The normalized spacial score (nSPS) is 18.5. The van der Waals surface area contributed by atoms with Crippen LogP contribution in [0.2, 0.25) is 0 Å². The first kappa shape index (κ1) is 14.9. The molecule has 106 valence electrons. The first-order chi connectivity index (χ1) is 9.20. The van der Waals surface area contributed by atoms with Gasteiger partial charge in [0.1, 0.15) is 5.82 Å². The third-order valence-corrected chi connectivity index (χ3v) is 4.94. The van der Waals surface area contributed by atoms with E-state index in [4.69, 9.17) is 0 Å². The van der Waals surface area contributed by atoms with Crippen molar-refractivity contribution in [2.24, 2.45) is 5.92 Å². The smallest absolute Gasteiger partial charge is 0.127 e. The predicted octanol–water partition coefficient (Wildman–Crippen LogP) is 4.32. The molecule has 0 radical (unpaired) electrons. The Morgan fingerprint density at radius 1 is 1.37 bits per heavy atom. The fourth-order valence-corrected chi connectivity index (χ4v) is 4.02. The second-order valence-corrected chi connectivity index (χ2v) is 6.65. The van der Waals surface area contributed by atoms with E-state index in [-0.39, 0.29) is 11.9 Å². The lowest BCUT2D eigenvalue weighted by Gasteiger charge is -2.27. The zero-order valence-corrected chi connectivity index (χ0v) is 12.7. The van der Waals surface area contributed by atoms with Gasteiger partial charge >= 0.3 is 0 Å². The van der Waals surface area contributed by atoms with Gasteiger partial charge in [0.25, 0.3) is 0 Å². The molecule has 0 bridgehead atoms. The van der Waals surface area contributed by atoms with E-state index < -0.39 is 0 Å². The molecule has 1 saturated heterocycles. The molecule has 1 aliphatic rings. The first-order valence-electron chi connectivity index (χ1n) is 7.28. The van der Waals surface area contributed by atoms with Crippen molar-refractivity contribution in [3.05, 3.63) is 35.1 Å². The van der Waals surface area contributed by atoms with Gasteiger partial charge in [-0.05, 0) is 56.2 Å². The van der Waals surface area contributed by atoms with Gasteiger partial charge in [0.15, 0.2) is 0 Å². The summed E-state index contributed by atoms with van der Waals surface area (Å²) in [4.78, 5) is 0. The first-order valence-corrected chi connectivity index (χ1v) is 8.43. The van der Waals surface area contributed by atoms with E-state index in [0.717, 1.165) is 30.0 Å². The molecule has 3 heteroatoms. The van der Waals surface area contributed by atoms with Crippen LogP contribution in [0.5, 0.6) is 0 Å². The molecular formula is C16H24FNS. The van der Waals surface area contributed by atoms with E-state index in [1.54, 1.807) is 6.07 Å². The van der Waals surface area contributed by atoms with Gasteiger partial charge in [0, 0.05) is 11.6 Å². The average Bonchev–Trinajstić information content (AvgIpc) is 2.42. The van der Waals surface area contributed by atoms with Gasteiger partial charge in [-0.2, -0.15) is 11.8 Å². The summed E-state index contributed by atoms with van der Waals surface area (Å²) in [6.45, 7) is 5.01. The van der Waals surface area contributed by atoms with Crippen LogP contribution in [-0.4, -0.2) is 18.1 Å². The van der Waals surface area contributed by atoms with Crippen LogP contribution in [0.4, 0.5) is 4.39 Å². The van der Waals surface area contributed by atoms with Crippen molar-refractivity contribution >= 4 is 11.8 Å². The SMILES string of the molecule is CCNC(CC1CCSCC1)c1cc(C)ccc1F. The summed E-state index contributed by atoms with van der Waals surface area (Å²) in [5, 5.41) is 3.47. The number of thioether (sulfide) groups is 1. The molecule has 0 aliphatic carbocycles. The maximum atomic E-state index is 14.1. The Morgan fingerprint density at radius 2 is 2.11 bits per heavy atom. The van der Waals surface area contributed by atoms with Crippen molar-refractivity contribution in [1.29, 1.82) is 0 Å². The molecule has 0 amide bonds. The molecule has 1 aromatic rings. The van der Waals surface area contributed by atoms with Crippen molar-refractivity contribution in [3.63, 3.8) is 0 Å². The molecule has 1 unspecified atom stereocenters. The lowest BCUT2D eigenvalue weighted by atomic mass is 9.90. The third-order valence-electron chi connectivity index (χ3n) is 3.89. The molecule has 1 nitrogen and oxygen atoms in total. The summed E-state index contributed by atoms with van der Waals surface area (Å²) in [7, 11) is 0. The Labute approximate surface area is 120 Å². The standard InChI is InChI=1S/C16H24FNS/c1-3-18-16(11-13-6-8-19-9-7-13)14-10-12(2)4-5-15(14)17/h4-5,10,13,16,18H,3,6-9,11H2,1-2H3. The fourth-order valence-electron chi connectivity index (χ4n) is 2.81. The van der Waals surface area contributed by atoms with E-state index in [1.807, 2.05) is 30.8 Å². The van der Waals surface area contributed by atoms with Gasteiger partial charge in [-0.1, -0.05) is 24.6 Å². The molecule has 1 heterocycles. The summed E-state index contributed by atoms with van der Waals surface area (Å²) in [5.74, 6) is 3.20. The molecule has 1 aromatic carbocycles. The lowest BCUT2D eigenvalue weighted by molar-refractivity contribution is 0.367. The Balaban J connectivity index is 2.11. The fraction of sp³-hybridized carbons (Fsp3) is 0.625. The monoisotopic (exact) mass is 281 g/mol. The van der Waals surface area contributed by atoms with Crippen LogP contribution in [0.25, 0.3) is 0 Å². The predicted molar refractivity (Wildman–Crippen MR) is 82.2 cm³/mol. The zero-order valence-electron chi connectivity index (χ0n) is 11.9. The summed E-state index contributed by atoms with van der Waals surface area (Å²) >= 11 is 2.05. The third kappa shape index (κ3) is 4.22.